The van der Waals surface area contributed by atoms with Crippen LogP contribution in [0, 0.1) is 21.7 Å². The molecule has 0 fully saturated rings. The number of rotatable bonds is 6. The Morgan fingerprint density at radius 3 is 2.57 bits per heavy atom. The summed E-state index contributed by atoms with van der Waals surface area (Å²) in [5.41, 5.74) is 1.90. The average molecular weight is 417 g/mol. The van der Waals surface area contributed by atoms with Crippen LogP contribution in [0.25, 0.3) is 11.1 Å². The normalized spacial score (nSPS) is 15.4. The van der Waals surface area contributed by atoms with Gasteiger partial charge in [-0.15, -0.1) is 0 Å². The highest BCUT2D eigenvalue weighted by molar-refractivity contribution is 5.65. The fourth-order valence-corrected chi connectivity index (χ4v) is 3.19. The van der Waals surface area contributed by atoms with E-state index in [-0.39, 0.29) is 31.1 Å². The van der Waals surface area contributed by atoms with Gasteiger partial charge in [-0.2, -0.15) is 0 Å². The quantitative estimate of drug-likeness (QED) is 0.449. The van der Waals surface area contributed by atoms with Crippen LogP contribution in [0.4, 0.5) is 14.6 Å². The standard InChI is InChI=1S/C20H17F2N3O5/c1-28-19-16(21)6-14(7-17(19)22)13-4-2-12(3-5-13)10-29-15-8-24-9-18(25(26)27)23-20(24)30-11-15/h2-7,9,15H,8,10-11H2,1H3/t15-/m0/s1. The molecular weight excluding hydrogens is 400 g/mol. The van der Waals surface area contributed by atoms with Crippen LogP contribution in [0.1, 0.15) is 5.56 Å². The molecule has 0 spiro atoms. The van der Waals surface area contributed by atoms with Gasteiger partial charge in [0, 0.05) is 4.98 Å². The monoisotopic (exact) mass is 417 g/mol. The molecule has 10 heteroatoms. The summed E-state index contributed by atoms with van der Waals surface area (Å²) in [7, 11) is 1.21. The van der Waals surface area contributed by atoms with Crippen LogP contribution in [0.3, 0.4) is 0 Å². The second-order valence-corrected chi connectivity index (χ2v) is 6.71. The summed E-state index contributed by atoms with van der Waals surface area (Å²) in [5, 5.41) is 10.8. The minimum absolute atomic E-state index is 0.199. The maximum Gasteiger partial charge on any atom is 0.414 e. The van der Waals surface area contributed by atoms with E-state index in [0.717, 1.165) is 5.56 Å². The minimum Gasteiger partial charge on any atom is -0.491 e. The number of methoxy groups -OCH3 is 1. The van der Waals surface area contributed by atoms with Crippen molar-refractivity contribution in [3.8, 4) is 22.9 Å². The molecule has 0 aliphatic carbocycles. The number of hydrogen-bond acceptors (Lipinski definition) is 6. The average Bonchev–Trinajstić information content (AvgIpc) is 3.16. The van der Waals surface area contributed by atoms with Crippen molar-refractivity contribution in [2.75, 3.05) is 13.7 Å². The van der Waals surface area contributed by atoms with E-state index in [2.05, 4.69) is 4.98 Å². The summed E-state index contributed by atoms with van der Waals surface area (Å²) in [6.45, 7) is 0.904. The van der Waals surface area contributed by atoms with Crippen molar-refractivity contribution in [1.29, 1.82) is 0 Å². The fourth-order valence-electron chi connectivity index (χ4n) is 3.19. The number of nitrogens with zero attached hydrogens (tertiary/aromatic N) is 3. The molecule has 0 radical (unpaired) electrons. The Bertz CT molecular complexity index is 1060. The molecule has 0 saturated carbocycles. The zero-order valence-corrected chi connectivity index (χ0v) is 15.9. The maximum atomic E-state index is 13.9. The number of halogens is 2. The Morgan fingerprint density at radius 1 is 1.23 bits per heavy atom. The lowest BCUT2D eigenvalue weighted by Crippen LogP contribution is -2.32. The van der Waals surface area contributed by atoms with Gasteiger partial charge in [-0.25, -0.2) is 8.78 Å². The first-order valence-corrected chi connectivity index (χ1v) is 9.03. The van der Waals surface area contributed by atoms with Gasteiger partial charge in [-0.05, 0) is 33.7 Å². The van der Waals surface area contributed by atoms with Gasteiger partial charge >= 0.3 is 11.8 Å². The van der Waals surface area contributed by atoms with Crippen LogP contribution >= 0.6 is 0 Å². The van der Waals surface area contributed by atoms with Crippen LogP contribution in [0.15, 0.2) is 42.6 Å². The third kappa shape index (κ3) is 3.94. The van der Waals surface area contributed by atoms with Crippen molar-refractivity contribution in [2.45, 2.75) is 19.3 Å². The van der Waals surface area contributed by atoms with E-state index in [1.807, 2.05) is 0 Å². The van der Waals surface area contributed by atoms with Crippen molar-refractivity contribution in [3.63, 3.8) is 0 Å². The third-order valence-corrected chi connectivity index (χ3v) is 4.69. The topological polar surface area (TPSA) is 88.7 Å². The molecular formula is C20H17F2N3O5. The summed E-state index contributed by atoms with van der Waals surface area (Å²) >= 11 is 0. The van der Waals surface area contributed by atoms with Crippen molar-refractivity contribution < 1.29 is 27.9 Å². The van der Waals surface area contributed by atoms with Gasteiger partial charge in [0.25, 0.3) is 0 Å². The van der Waals surface area contributed by atoms with Crippen molar-refractivity contribution in [3.05, 3.63) is 69.9 Å². The van der Waals surface area contributed by atoms with Crippen LogP contribution in [0.5, 0.6) is 11.8 Å². The third-order valence-electron chi connectivity index (χ3n) is 4.69. The van der Waals surface area contributed by atoms with Crippen molar-refractivity contribution in [1.82, 2.24) is 9.55 Å². The molecule has 1 aliphatic rings. The molecule has 156 valence electrons. The van der Waals surface area contributed by atoms with Gasteiger partial charge in [0.15, 0.2) is 17.4 Å². The largest absolute Gasteiger partial charge is 0.491 e. The van der Waals surface area contributed by atoms with Crippen LogP contribution in [0.2, 0.25) is 0 Å². The first-order chi connectivity index (χ1) is 14.4. The Hall–Kier alpha value is -3.53. The summed E-state index contributed by atoms with van der Waals surface area (Å²) in [6.07, 6.45) is 1.02. The molecule has 0 unspecified atom stereocenters. The SMILES string of the molecule is COc1c(F)cc(-c2ccc(CO[C@@H]3COc4nc([N+](=O)[O-])cn4C3)cc2)cc1F. The van der Waals surface area contributed by atoms with Gasteiger partial charge in [-0.1, -0.05) is 24.3 Å². The molecule has 4 rings (SSSR count). The predicted molar refractivity (Wildman–Crippen MR) is 101 cm³/mol. The van der Waals surface area contributed by atoms with E-state index in [9.17, 15) is 18.9 Å². The number of nitro groups is 1. The molecule has 0 N–H and O–H groups in total. The number of imidazole rings is 1. The Morgan fingerprint density at radius 2 is 1.93 bits per heavy atom. The van der Waals surface area contributed by atoms with Crippen molar-refractivity contribution >= 4 is 5.82 Å². The van der Waals surface area contributed by atoms with Gasteiger partial charge in [0.05, 0.1) is 20.3 Å². The van der Waals surface area contributed by atoms with Crippen LogP contribution < -0.4 is 9.47 Å². The summed E-state index contributed by atoms with van der Waals surface area (Å²) in [4.78, 5) is 14.0. The second-order valence-electron chi connectivity index (χ2n) is 6.71. The molecule has 1 aromatic heterocycles. The molecule has 30 heavy (non-hydrogen) atoms. The highest BCUT2D eigenvalue weighted by Crippen LogP contribution is 2.29. The summed E-state index contributed by atoms with van der Waals surface area (Å²) < 4.78 is 45.3. The smallest absolute Gasteiger partial charge is 0.414 e. The summed E-state index contributed by atoms with van der Waals surface area (Å²) in [6, 6.07) is 9.72. The molecule has 1 atom stereocenters. The molecule has 0 amide bonds. The molecule has 1 aliphatic heterocycles. The zero-order chi connectivity index (χ0) is 21.3. The predicted octanol–water partition coefficient (Wildman–Crippen LogP) is 3.72. The van der Waals surface area contributed by atoms with E-state index in [0.29, 0.717) is 17.7 Å². The van der Waals surface area contributed by atoms with Gasteiger partial charge in [0.2, 0.25) is 0 Å². The number of aromatic nitrogens is 2. The fraction of sp³-hybridized carbons (Fsp3) is 0.250. The number of ether oxygens (including phenoxy) is 3. The van der Waals surface area contributed by atoms with Gasteiger partial charge in [0.1, 0.15) is 18.9 Å². The Balaban J connectivity index is 1.39. The Kier molecular flexibility index (Phi) is 5.32. The maximum absolute atomic E-state index is 13.9. The highest BCUT2D eigenvalue weighted by Gasteiger charge is 2.28. The molecule has 2 aromatic carbocycles. The van der Waals surface area contributed by atoms with E-state index in [1.165, 1.54) is 25.4 Å². The second kappa shape index (κ2) is 8.07. The van der Waals surface area contributed by atoms with Crippen molar-refractivity contribution in [2.24, 2.45) is 0 Å². The molecule has 0 saturated heterocycles. The molecule has 8 nitrogen and oxygen atoms in total. The van der Waals surface area contributed by atoms with Crippen LogP contribution in [-0.4, -0.2) is 34.3 Å². The van der Waals surface area contributed by atoms with E-state index in [1.54, 1.807) is 28.8 Å². The van der Waals surface area contributed by atoms with E-state index < -0.39 is 22.3 Å². The minimum atomic E-state index is -0.767. The highest BCUT2D eigenvalue weighted by atomic mass is 19.1. The van der Waals surface area contributed by atoms with Crippen LogP contribution in [-0.2, 0) is 17.9 Å². The number of benzene rings is 2. The number of hydrogen-bond donors (Lipinski definition) is 0. The molecule has 3 aromatic rings. The zero-order valence-electron chi connectivity index (χ0n) is 15.9. The van der Waals surface area contributed by atoms with Gasteiger partial charge in [-0.3, -0.25) is 4.57 Å². The van der Waals surface area contributed by atoms with Gasteiger partial charge < -0.3 is 24.3 Å². The first-order valence-electron chi connectivity index (χ1n) is 9.03. The lowest BCUT2D eigenvalue weighted by molar-refractivity contribution is -0.389. The first kappa shape index (κ1) is 19.8. The van der Waals surface area contributed by atoms with E-state index in [4.69, 9.17) is 14.2 Å². The summed E-state index contributed by atoms with van der Waals surface area (Å²) in [5.74, 6) is -2.22. The molecule has 2 heterocycles. The lowest BCUT2D eigenvalue weighted by Gasteiger charge is -2.22. The lowest BCUT2D eigenvalue weighted by atomic mass is 10.0. The molecule has 0 bridgehead atoms. The Labute approximate surface area is 169 Å². The van der Waals surface area contributed by atoms with E-state index >= 15 is 0 Å². The number of fused-ring (bicyclic) bond motifs is 1.